The van der Waals surface area contributed by atoms with Gasteiger partial charge in [0.05, 0.1) is 19.3 Å². The smallest absolute Gasteiger partial charge is 0.341 e. The fourth-order valence-corrected chi connectivity index (χ4v) is 5.93. The van der Waals surface area contributed by atoms with E-state index in [9.17, 15) is 9.18 Å². The predicted octanol–water partition coefficient (Wildman–Crippen LogP) is 6.96. The lowest BCUT2D eigenvalue weighted by molar-refractivity contribution is 0.0526. The molecule has 0 saturated carbocycles. The molecule has 0 spiro atoms. The number of benzene rings is 3. The maximum absolute atomic E-state index is 14.0. The highest BCUT2D eigenvalue weighted by Gasteiger charge is 2.28. The van der Waals surface area contributed by atoms with Crippen molar-refractivity contribution in [2.75, 3.05) is 20.3 Å². The molecule has 0 radical (unpaired) electrons. The Kier molecular flexibility index (Phi) is 8.88. The summed E-state index contributed by atoms with van der Waals surface area (Å²) >= 11 is 1.54. The van der Waals surface area contributed by atoms with Crippen LogP contribution in [0.2, 0.25) is 0 Å². The molecule has 1 aliphatic heterocycles. The van der Waals surface area contributed by atoms with Crippen LogP contribution in [0.3, 0.4) is 0 Å². The molecule has 6 nitrogen and oxygen atoms in total. The predicted molar refractivity (Wildman–Crippen MR) is 156 cm³/mol. The number of ether oxygens (including phenoxy) is 3. The number of carbonyl (C=O) groups excluding carboxylic acids is 1. The van der Waals surface area contributed by atoms with Crippen LogP contribution in [0, 0.1) is 5.82 Å². The van der Waals surface area contributed by atoms with E-state index < -0.39 is 0 Å². The van der Waals surface area contributed by atoms with Gasteiger partial charge in [-0.2, -0.15) is 0 Å². The van der Waals surface area contributed by atoms with Crippen molar-refractivity contribution in [3.63, 3.8) is 0 Å². The molecule has 0 amide bonds. The largest absolute Gasteiger partial charge is 0.493 e. The Labute approximate surface area is 237 Å². The van der Waals surface area contributed by atoms with E-state index in [2.05, 4.69) is 29.2 Å². The maximum Gasteiger partial charge on any atom is 0.341 e. The fourth-order valence-electron chi connectivity index (χ4n) is 4.71. The van der Waals surface area contributed by atoms with E-state index >= 15 is 0 Å². The van der Waals surface area contributed by atoms with Gasteiger partial charge in [0.1, 0.15) is 17.4 Å². The minimum atomic E-state index is -0.335. The third kappa shape index (κ3) is 6.41. The average Bonchev–Trinajstić information content (AvgIpc) is 3.34. The van der Waals surface area contributed by atoms with Crippen molar-refractivity contribution in [1.29, 1.82) is 0 Å². The summed E-state index contributed by atoms with van der Waals surface area (Å²) in [6.45, 7) is 4.68. The first-order chi connectivity index (χ1) is 19.6. The second-order valence-electron chi connectivity index (χ2n) is 9.40. The van der Waals surface area contributed by atoms with Crippen LogP contribution in [-0.4, -0.2) is 37.3 Å². The number of aliphatic imine (C=N–C) groups is 1. The SMILES string of the molecule is CCOC(=O)c1c(N=Cc2ccc(OCc3ccccc3F)c(OC)c2)sc2c1CCN(Cc1ccccc1)C2. The Morgan fingerprint density at radius 3 is 2.65 bits per heavy atom. The van der Waals surface area contributed by atoms with E-state index in [-0.39, 0.29) is 18.4 Å². The van der Waals surface area contributed by atoms with Crippen LogP contribution in [-0.2, 0) is 30.9 Å². The Morgan fingerprint density at radius 1 is 1.07 bits per heavy atom. The third-order valence-electron chi connectivity index (χ3n) is 6.71. The van der Waals surface area contributed by atoms with Crippen LogP contribution in [0.5, 0.6) is 11.5 Å². The van der Waals surface area contributed by atoms with Crippen LogP contribution in [0.15, 0.2) is 77.8 Å². The number of hydrogen-bond acceptors (Lipinski definition) is 7. The molecule has 0 N–H and O–H groups in total. The summed E-state index contributed by atoms with van der Waals surface area (Å²) < 4.78 is 30.7. The summed E-state index contributed by atoms with van der Waals surface area (Å²) in [6.07, 6.45) is 2.48. The zero-order valence-corrected chi connectivity index (χ0v) is 23.4. The molecule has 0 unspecified atom stereocenters. The molecule has 1 aromatic heterocycles. The van der Waals surface area contributed by atoms with E-state index in [4.69, 9.17) is 19.2 Å². The monoisotopic (exact) mass is 558 g/mol. The third-order valence-corrected chi connectivity index (χ3v) is 7.83. The van der Waals surface area contributed by atoms with Gasteiger partial charge < -0.3 is 14.2 Å². The Balaban J connectivity index is 1.35. The van der Waals surface area contributed by atoms with Crippen LogP contribution in [0.1, 0.15) is 44.4 Å². The highest BCUT2D eigenvalue weighted by Crippen LogP contribution is 2.40. The van der Waals surface area contributed by atoms with Gasteiger partial charge in [0.2, 0.25) is 0 Å². The summed E-state index contributed by atoms with van der Waals surface area (Å²) in [5.41, 5.74) is 4.11. The van der Waals surface area contributed by atoms with Crippen molar-refractivity contribution in [2.24, 2.45) is 4.99 Å². The van der Waals surface area contributed by atoms with Crippen LogP contribution >= 0.6 is 11.3 Å². The van der Waals surface area contributed by atoms with Gasteiger partial charge in [-0.25, -0.2) is 14.2 Å². The van der Waals surface area contributed by atoms with Crippen molar-refractivity contribution >= 4 is 28.5 Å². The van der Waals surface area contributed by atoms with Gasteiger partial charge in [0.15, 0.2) is 11.5 Å². The number of rotatable bonds is 10. The molecule has 4 aromatic rings. The van der Waals surface area contributed by atoms with Crippen molar-refractivity contribution in [3.05, 3.63) is 111 Å². The van der Waals surface area contributed by atoms with Gasteiger partial charge in [-0.1, -0.05) is 48.5 Å². The van der Waals surface area contributed by atoms with Crippen molar-refractivity contribution < 1.29 is 23.4 Å². The molecule has 5 rings (SSSR count). The second-order valence-corrected chi connectivity index (χ2v) is 10.5. The first kappa shape index (κ1) is 27.6. The molecule has 1 aliphatic rings. The van der Waals surface area contributed by atoms with E-state index in [0.29, 0.717) is 34.2 Å². The van der Waals surface area contributed by atoms with Crippen LogP contribution in [0.25, 0.3) is 0 Å². The van der Waals surface area contributed by atoms with Crippen molar-refractivity contribution in [3.8, 4) is 11.5 Å². The minimum absolute atomic E-state index is 0.0847. The molecule has 40 heavy (non-hydrogen) atoms. The number of nitrogens with zero attached hydrogens (tertiary/aromatic N) is 2. The van der Waals surface area contributed by atoms with E-state index in [1.54, 1.807) is 43.7 Å². The minimum Gasteiger partial charge on any atom is -0.493 e. The molecule has 206 valence electrons. The summed E-state index contributed by atoms with van der Waals surface area (Å²) in [7, 11) is 1.56. The van der Waals surface area contributed by atoms with Gasteiger partial charge in [-0.3, -0.25) is 4.90 Å². The molecular weight excluding hydrogens is 527 g/mol. The van der Waals surface area contributed by atoms with E-state index in [0.717, 1.165) is 42.1 Å². The number of methoxy groups -OCH3 is 1. The molecule has 0 aliphatic carbocycles. The fraction of sp³-hybridized carbons (Fsp3) is 0.250. The van der Waals surface area contributed by atoms with Gasteiger partial charge in [0.25, 0.3) is 0 Å². The maximum atomic E-state index is 14.0. The Morgan fingerprint density at radius 2 is 1.88 bits per heavy atom. The molecule has 3 aromatic carbocycles. The molecule has 0 fully saturated rings. The molecular formula is C32H31FN2O4S. The summed E-state index contributed by atoms with van der Waals surface area (Å²) in [5, 5.41) is 0.642. The van der Waals surface area contributed by atoms with Crippen LogP contribution in [0.4, 0.5) is 9.39 Å². The number of fused-ring (bicyclic) bond motifs is 1. The van der Waals surface area contributed by atoms with Crippen molar-refractivity contribution in [2.45, 2.75) is 33.0 Å². The second kappa shape index (κ2) is 12.9. The summed E-state index contributed by atoms with van der Waals surface area (Å²) in [6, 6.07) is 22.3. The average molecular weight is 559 g/mol. The number of esters is 1. The zero-order chi connectivity index (χ0) is 27.9. The number of halogens is 1. The van der Waals surface area contributed by atoms with E-state index in [1.807, 2.05) is 19.1 Å². The highest BCUT2D eigenvalue weighted by atomic mass is 32.1. The van der Waals surface area contributed by atoms with Crippen molar-refractivity contribution in [1.82, 2.24) is 4.90 Å². The molecule has 8 heteroatoms. The Bertz CT molecular complexity index is 1500. The zero-order valence-electron chi connectivity index (χ0n) is 22.6. The Hall–Kier alpha value is -4.01. The van der Waals surface area contributed by atoms with Gasteiger partial charge in [-0.05, 0) is 54.3 Å². The van der Waals surface area contributed by atoms with Gasteiger partial charge in [-0.15, -0.1) is 11.3 Å². The lowest BCUT2D eigenvalue weighted by Crippen LogP contribution is -2.29. The number of hydrogen-bond donors (Lipinski definition) is 0. The molecule has 0 saturated heterocycles. The van der Waals surface area contributed by atoms with Crippen LogP contribution < -0.4 is 9.47 Å². The normalized spacial score (nSPS) is 13.3. The number of carbonyl (C=O) groups is 1. The standard InChI is InChI=1S/C32H31FN2O4S/c1-3-38-32(36)30-25-15-16-35(19-22-9-5-4-6-10-22)20-29(25)40-31(30)34-18-23-13-14-27(28(17-23)37-2)39-21-24-11-7-8-12-26(24)33/h4-14,17-18H,3,15-16,19-21H2,1-2H3. The molecule has 0 bridgehead atoms. The summed E-state index contributed by atoms with van der Waals surface area (Å²) in [5.74, 6) is 0.357. The lowest BCUT2D eigenvalue weighted by atomic mass is 10.0. The quantitative estimate of drug-likeness (QED) is 0.156. The highest BCUT2D eigenvalue weighted by molar-refractivity contribution is 7.16. The number of thiophene rings is 1. The van der Waals surface area contributed by atoms with E-state index in [1.165, 1.54) is 23.0 Å². The topological polar surface area (TPSA) is 60.4 Å². The van der Waals surface area contributed by atoms with Gasteiger partial charge in [0, 0.05) is 36.3 Å². The first-order valence-corrected chi connectivity index (χ1v) is 14.0. The summed E-state index contributed by atoms with van der Waals surface area (Å²) in [4.78, 5) is 21.2. The molecule has 2 heterocycles. The lowest BCUT2D eigenvalue weighted by Gasteiger charge is -2.27. The first-order valence-electron chi connectivity index (χ1n) is 13.2. The molecule has 0 atom stereocenters. The van der Waals surface area contributed by atoms with Gasteiger partial charge >= 0.3 is 5.97 Å².